The Morgan fingerprint density at radius 1 is 1.03 bits per heavy atom. The first-order valence-corrected chi connectivity index (χ1v) is 9.67. The molecule has 4 rings (SSSR count). The number of fused-ring (bicyclic) bond motifs is 2. The lowest BCUT2D eigenvalue weighted by atomic mass is 10.1. The molecule has 0 aliphatic rings. The second-order valence-electron chi connectivity index (χ2n) is 6.47. The van der Waals surface area contributed by atoms with Crippen molar-refractivity contribution in [1.82, 2.24) is 5.43 Å². The van der Waals surface area contributed by atoms with E-state index in [1.165, 1.54) is 6.21 Å². The molecule has 4 aromatic rings. The first-order valence-electron chi connectivity index (χ1n) is 8.88. The number of hydrogen-bond donors (Lipinski definition) is 2. The highest BCUT2D eigenvalue weighted by molar-refractivity contribution is 9.10. The highest BCUT2D eigenvalue weighted by atomic mass is 79.9. The van der Waals surface area contributed by atoms with Gasteiger partial charge in [-0.1, -0.05) is 52.3 Å². The number of carbonyl (C=O) groups is 1. The highest BCUT2D eigenvalue weighted by Gasteiger charge is 2.09. The number of hydrogen-bond acceptors (Lipinski definition) is 4. The number of methoxy groups -OCH3 is 1. The number of amides is 1. The fraction of sp³-hybridized carbons (Fsp3) is 0.0435. The molecule has 144 valence electrons. The van der Waals surface area contributed by atoms with Gasteiger partial charge in [0.2, 0.25) is 0 Å². The predicted molar refractivity (Wildman–Crippen MR) is 119 cm³/mol. The van der Waals surface area contributed by atoms with Gasteiger partial charge < -0.3 is 9.84 Å². The zero-order valence-electron chi connectivity index (χ0n) is 15.5. The van der Waals surface area contributed by atoms with Gasteiger partial charge in [0.05, 0.1) is 13.3 Å². The average molecular weight is 449 g/mol. The number of phenolic OH excluding ortho intramolecular Hbond substituents is 1. The Hall–Kier alpha value is -3.38. The van der Waals surface area contributed by atoms with E-state index in [1.807, 2.05) is 48.5 Å². The molecule has 0 spiro atoms. The maximum Gasteiger partial charge on any atom is 0.271 e. The molecule has 0 radical (unpaired) electrons. The highest BCUT2D eigenvalue weighted by Crippen LogP contribution is 2.33. The first kappa shape index (κ1) is 19.0. The number of rotatable bonds is 4. The SMILES string of the molecule is COc1ccc2cc(C(=O)N/N=C\c3cc(Br)c4ccccc4c3O)ccc2c1. The van der Waals surface area contributed by atoms with E-state index in [2.05, 4.69) is 26.5 Å². The molecule has 29 heavy (non-hydrogen) atoms. The van der Waals surface area contributed by atoms with Crippen LogP contribution < -0.4 is 10.2 Å². The van der Waals surface area contributed by atoms with E-state index in [1.54, 1.807) is 25.3 Å². The summed E-state index contributed by atoms with van der Waals surface area (Å²) in [5.41, 5.74) is 3.50. The molecule has 2 N–H and O–H groups in total. The van der Waals surface area contributed by atoms with Crippen LogP contribution in [-0.4, -0.2) is 24.3 Å². The van der Waals surface area contributed by atoms with Gasteiger partial charge in [-0.25, -0.2) is 5.43 Å². The number of nitrogens with zero attached hydrogens (tertiary/aromatic N) is 1. The smallest absolute Gasteiger partial charge is 0.271 e. The molecule has 0 aliphatic carbocycles. The Bertz CT molecular complexity index is 1270. The zero-order valence-corrected chi connectivity index (χ0v) is 17.1. The molecule has 0 heterocycles. The van der Waals surface area contributed by atoms with Crippen molar-refractivity contribution in [1.29, 1.82) is 0 Å². The van der Waals surface area contributed by atoms with Crippen LogP contribution in [-0.2, 0) is 0 Å². The van der Waals surface area contributed by atoms with Crippen molar-refractivity contribution in [2.45, 2.75) is 0 Å². The van der Waals surface area contributed by atoms with Crippen LogP contribution >= 0.6 is 15.9 Å². The molecule has 0 aromatic heterocycles. The standard InChI is InChI=1S/C23H17BrN2O3/c1-29-18-9-8-14-10-16(7-6-15(14)11-18)23(28)26-25-13-17-12-21(24)19-4-2-3-5-20(19)22(17)27/h2-13,27H,1H3,(H,26,28)/b25-13-. The summed E-state index contributed by atoms with van der Waals surface area (Å²) in [6, 6.07) is 20.3. The molecule has 0 saturated carbocycles. The normalized spacial score (nSPS) is 11.2. The molecule has 0 aliphatic heterocycles. The predicted octanol–water partition coefficient (Wildman–Crippen LogP) is 5.23. The van der Waals surface area contributed by atoms with Gasteiger partial charge in [-0.15, -0.1) is 0 Å². The Morgan fingerprint density at radius 2 is 1.76 bits per heavy atom. The van der Waals surface area contributed by atoms with E-state index >= 15 is 0 Å². The fourth-order valence-electron chi connectivity index (χ4n) is 3.15. The Morgan fingerprint density at radius 3 is 2.55 bits per heavy atom. The van der Waals surface area contributed by atoms with E-state index in [-0.39, 0.29) is 11.7 Å². The monoisotopic (exact) mass is 448 g/mol. The lowest BCUT2D eigenvalue weighted by molar-refractivity contribution is 0.0955. The van der Waals surface area contributed by atoms with Crippen LogP contribution in [0.3, 0.4) is 0 Å². The number of carbonyl (C=O) groups excluding carboxylic acids is 1. The molecule has 4 aromatic carbocycles. The lowest BCUT2D eigenvalue weighted by Crippen LogP contribution is -2.17. The average Bonchev–Trinajstić information content (AvgIpc) is 2.76. The summed E-state index contributed by atoms with van der Waals surface area (Å²) in [5.74, 6) is 0.542. The molecule has 6 heteroatoms. The molecule has 0 fully saturated rings. The summed E-state index contributed by atoms with van der Waals surface area (Å²) in [4.78, 5) is 12.4. The summed E-state index contributed by atoms with van der Waals surface area (Å²) in [6.07, 6.45) is 1.43. The van der Waals surface area contributed by atoms with Crippen molar-refractivity contribution in [3.8, 4) is 11.5 Å². The van der Waals surface area contributed by atoms with Gasteiger partial charge in [-0.2, -0.15) is 5.10 Å². The summed E-state index contributed by atoms with van der Waals surface area (Å²) >= 11 is 3.50. The van der Waals surface area contributed by atoms with Crippen LogP contribution in [0, 0.1) is 0 Å². The molecule has 0 saturated heterocycles. The molecule has 0 atom stereocenters. The minimum Gasteiger partial charge on any atom is -0.507 e. The first-order chi connectivity index (χ1) is 14.1. The molecule has 0 bridgehead atoms. The van der Waals surface area contributed by atoms with Gasteiger partial charge >= 0.3 is 0 Å². The van der Waals surface area contributed by atoms with E-state index in [0.29, 0.717) is 16.5 Å². The Balaban J connectivity index is 1.55. The third-order valence-electron chi connectivity index (χ3n) is 4.67. The molecule has 1 amide bonds. The number of ether oxygens (including phenoxy) is 1. The second-order valence-corrected chi connectivity index (χ2v) is 7.32. The summed E-state index contributed by atoms with van der Waals surface area (Å²) in [7, 11) is 1.62. The second kappa shape index (κ2) is 7.93. The van der Waals surface area contributed by atoms with E-state index in [0.717, 1.165) is 26.4 Å². The van der Waals surface area contributed by atoms with Crippen LogP contribution in [0.5, 0.6) is 11.5 Å². The maximum atomic E-state index is 12.4. The van der Waals surface area contributed by atoms with Crippen molar-refractivity contribution in [3.05, 3.63) is 82.3 Å². The summed E-state index contributed by atoms with van der Waals surface area (Å²) < 4.78 is 6.05. The minimum atomic E-state index is -0.335. The largest absolute Gasteiger partial charge is 0.507 e. The van der Waals surface area contributed by atoms with Gasteiger partial charge in [0.15, 0.2) is 0 Å². The van der Waals surface area contributed by atoms with Crippen molar-refractivity contribution in [3.63, 3.8) is 0 Å². The van der Waals surface area contributed by atoms with E-state index < -0.39 is 0 Å². The molecular weight excluding hydrogens is 432 g/mol. The van der Waals surface area contributed by atoms with E-state index in [9.17, 15) is 9.90 Å². The minimum absolute atomic E-state index is 0.112. The van der Waals surface area contributed by atoms with Gasteiger partial charge in [0.25, 0.3) is 5.91 Å². The number of benzene rings is 4. The van der Waals surface area contributed by atoms with Gasteiger partial charge in [0, 0.05) is 21.0 Å². The summed E-state index contributed by atoms with van der Waals surface area (Å²) in [6.45, 7) is 0. The molecular formula is C23H17BrN2O3. The van der Waals surface area contributed by atoms with Gasteiger partial charge in [0.1, 0.15) is 11.5 Å². The van der Waals surface area contributed by atoms with Crippen LogP contribution in [0.2, 0.25) is 0 Å². The fourth-order valence-corrected chi connectivity index (χ4v) is 3.74. The number of phenols is 1. The van der Waals surface area contributed by atoms with Crippen LogP contribution in [0.25, 0.3) is 21.5 Å². The third-order valence-corrected chi connectivity index (χ3v) is 5.33. The quantitative estimate of drug-likeness (QED) is 0.331. The number of hydrazone groups is 1. The van der Waals surface area contributed by atoms with Crippen LogP contribution in [0.4, 0.5) is 0 Å². The van der Waals surface area contributed by atoms with Crippen LogP contribution in [0.1, 0.15) is 15.9 Å². The third kappa shape index (κ3) is 3.79. The van der Waals surface area contributed by atoms with Crippen molar-refractivity contribution >= 4 is 49.6 Å². The Kier molecular flexibility index (Phi) is 5.18. The molecule has 5 nitrogen and oxygen atoms in total. The molecule has 0 unspecified atom stereocenters. The lowest BCUT2D eigenvalue weighted by Gasteiger charge is -2.07. The topological polar surface area (TPSA) is 70.9 Å². The zero-order chi connectivity index (χ0) is 20.4. The van der Waals surface area contributed by atoms with Crippen molar-refractivity contribution in [2.75, 3.05) is 7.11 Å². The van der Waals surface area contributed by atoms with Gasteiger partial charge in [-0.05, 0) is 46.5 Å². The van der Waals surface area contributed by atoms with E-state index in [4.69, 9.17) is 4.74 Å². The number of aromatic hydroxyl groups is 1. The number of halogens is 1. The number of nitrogens with one attached hydrogen (secondary N) is 1. The van der Waals surface area contributed by atoms with Crippen molar-refractivity contribution < 1.29 is 14.6 Å². The Labute approximate surface area is 175 Å². The van der Waals surface area contributed by atoms with Gasteiger partial charge in [-0.3, -0.25) is 4.79 Å². The van der Waals surface area contributed by atoms with Crippen molar-refractivity contribution in [2.24, 2.45) is 5.10 Å². The van der Waals surface area contributed by atoms with Crippen LogP contribution in [0.15, 0.2) is 76.3 Å². The maximum absolute atomic E-state index is 12.4. The summed E-state index contributed by atoms with van der Waals surface area (Å²) in [5, 5.41) is 18.0.